The number of nitrogens with zero attached hydrogens (tertiary/aromatic N) is 1. The van der Waals surface area contributed by atoms with Crippen LogP contribution in [-0.2, 0) is 4.74 Å². The molecule has 17 heavy (non-hydrogen) atoms. The predicted molar refractivity (Wildman–Crippen MR) is 66.6 cm³/mol. The van der Waals surface area contributed by atoms with Gasteiger partial charge in [-0.3, -0.25) is 0 Å². The lowest BCUT2D eigenvalue weighted by atomic mass is 9.78. The molecular formula is C13H24N2O2. The third-order valence-electron chi connectivity index (χ3n) is 4.08. The van der Waals surface area contributed by atoms with Gasteiger partial charge in [0.1, 0.15) is 5.60 Å². The quantitative estimate of drug-likeness (QED) is 0.803. The summed E-state index contributed by atoms with van der Waals surface area (Å²) >= 11 is 0. The van der Waals surface area contributed by atoms with Gasteiger partial charge < -0.3 is 15.4 Å². The SMILES string of the molecule is CC(N)C1(C2CN(C(=O)OC(C)(C)C)C2)CC1. The standard InChI is InChI=1S/C13H24N2O2/c1-9(14)13(5-6-13)10-7-15(8-10)11(16)17-12(2,3)4/h9-10H,5-8,14H2,1-4H3. The van der Waals surface area contributed by atoms with Gasteiger partial charge in [0.05, 0.1) is 0 Å². The zero-order chi connectivity index (χ0) is 12.8. The van der Waals surface area contributed by atoms with Crippen LogP contribution >= 0.6 is 0 Å². The number of likely N-dealkylation sites (tertiary alicyclic amines) is 1. The summed E-state index contributed by atoms with van der Waals surface area (Å²) in [5.74, 6) is 0.579. The van der Waals surface area contributed by atoms with E-state index in [1.807, 2.05) is 20.8 Å². The van der Waals surface area contributed by atoms with E-state index in [9.17, 15) is 4.79 Å². The fourth-order valence-corrected chi connectivity index (χ4v) is 2.70. The Bertz CT molecular complexity index is 310. The fourth-order valence-electron chi connectivity index (χ4n) is 2.70. The molecule has 0 aromatic heterocycles. The van der Waals surface area contributed by atoms with E-state index in [0.717, 1.165) is 13.1 Å². The summed E-state index contributed by atoms with van der Waals surface area (Å²) in [6.07, 6.45) is 2.25. The highest BCUT2D eigenvalue weighted by molar-refractivity contribution is 5.69. The number of carbonyl (C=O) groups excluding carboxylic acids is 1. The molecule has 0 aromatic rings. The van der Waals surface area contributed by atoms with Crippen LogP contribution in [0.15, 0.2) is 0 Å². The van der Waals surface area contributed by atoms with Gasteiger partial charge >= 0.3 is 6.09 Å². The molecule has 2 aliphatic rings. The number of rotatable bonds is 2. The van der Waals surface area contributed by atoms with E-state index in [-0.39, 0.29) is 12.1 Å². The average Bonchev–Trinajstić information content (AvgIpc) is 2.78. The van der Waals surface area contributed by atoms with Crippen LogP contribution in [0.4, 0.5) is 4.79 Å². The second-order valence-electron chi connectivity index (χ2n) is 6.60. The Hall–Kier alpha value is -0.770. The molecule has 2 N–H and O–H groups in total. The van der Waals surface area contributed by atoms with E-state index in [1.165, 1.54) is 12.8 Å². The molecule has 1 unspecified atom stereocenters. The first-order chi connectivity index (χ1) is 7.74. The van der Waals surface area contributed by atoms with Gasteiger partial charge in [0.15, 0.2) is 0 Å². The van der Waals surface area contributed by atoms with E-state index in [0.29, 0.717) is 11.3 Å². The van der Waals surface area contributed by atoms with Crippen molar-refractivity contribution in [3.63, 3.8) is 0 Å². The number of nitrogens with two attached hydrogens (primary N) is 1. The molecule has 4 heteroatoms. The lowest BCUT2D eigenvalue weighted by Crippen LogP contribution is -2.57. The molecule has 0 radical (unpaired) electrons. The van der Waals surface area contributed by atoms with Gasteiger partial charge in [-0.15, -0.1) is 0 Å². The third kappa shape index (κ3) is 2.41. The molecule has 2 fully saturated rings. The van der Waals surface area contributed by atoms with Gasteiger partial charge in [-0.1, -0.05) is 0 Å². The van der Waals surface area contributed by atoms with Crippen LogP contribution in [0.25, 0.3) is 0 Å². The summed E-state index contributed by atoms with van der Waals surface area (Å²) in [7, 11) is 0. The molecule has 2 rings (SSSR count). The van der Waals surface area contributed by atoms with E-state index in [4.69, 9.17) is 10.5 Å². The summed E-state index contributed by atoms with van der Waals surface area (Å²) in [6, 6.07) is 0.244. The van der Waals surface area contributed by atoms with Crippen molar-refractivity contribution >= 4 is 6.09 Å². The molecule has 0 aromatic carbocycles. The second-order valence-corrected chi connectivity index (χ2v) is 6.60. The minimum absolute atomic E-state index is 0.186. The smallest absolute Gasteiger partial charge is 0.410 e. The van der Waals surface area contributed by atoms with Gasteiger partial charge in [0, 0.05) is 25.0 Å². The van der Waals surface area contributed by atoms with Crippen molar-refractivity contribution in [3.8, 4) is 0 Å². The van der Waals surface area contributed by atoms with E-state index in [1.54, 1.807) is 4.90 Å². The Morgan fingerprint density at radius 3 is 2.29 bits per heavy atom. The summed E-state index contributed by atoms with van der Waals surface area (Å²) in [5, 5.41) is 0. The van der Waals surface area contributed by atoms with Crippen LogP contribution in [-0.4, -0.2) is 35.7 Å². The van der Waals surface area contributed by atoms with Gasteiger partial charge in [-0.05, 0) is 46.0 Å². The number of carbonyl (C=O) groups is 1. The Kier molecular flexibility index (Phi) is 2.89. The van der Waals surface area contributed by atoms with Gasteiger partial charge in [0.2, 0.25) is 0 Å². The van der Waals surface area contributed by atoms with Crippen molar-refractivity contribution in [1.29, 1.82) is 0 Å². The van der Waals surface area contributed by atoms with Crippen molar-refractivity contribution in [3.05, 3.63) is 0 Å². The Morgan fingerprint density at radius 2 is 1.94 bits per heavy atom. The zero-order valence-corrected chi connectivity index (χ0v) is 11.3. The summed E-state index contributed by atoms with van der Waals surface area (Å²) in [4.78, 5) is 13.6. The van der Waals surface area contributed by atoms with Crippen LogP contribution in [0.2, 0.25) is 0 Å². The first kappa shape index (κ1) is 12.7. The molecule has 1 aliphatic heterocycles. The first-order valence-electron chi connectivity index (χ1n) is 6.48. The van der Waals surface area contributed by atoms with Crippen LogP contribution in [0.3, 0.4) is 0 Å². The zero-order valence-electron chi connectivity index (χ0n) is 11.3. The minimum atomic E-state index is -0.402. The van der Waals surface area contributed by atoms with Crippen molar-refractivity contribution in [2.75, 3.05) is 13.1 Å². The number of ether oxygens (including phenoxy) is 1. The second kappa shape index (κ2) is 3.87. The maximum atomic E-state index is 11.8. The van der Waals surface area contributed by atoms with Gasteiger partial charge in [-0.2, -0.15) is 0 Å². The van der Waals surface area contributed by atoms with Gasteiger partial charge in [0.25, 0.3) is 0 Å². The van der Waals surface area contributed by atoms with Crippen LogP contribution in [0, 0.1) is 11.3 Å². The predicted octanol–water partition coefficient (Wildman–Crippen LogP) is 1.98. The summed E-state index contributed by atoms with van der Waals surface area (Å²) < 4.78 is 5.34. The van der Waals surface area contributed by atoms with Crippen molar-refractivity contribution in [1.82, 2.24) is 4.90 Å². The lowest BCUT2D eigenvalue weighted by Gasteiger charge is -2.45. The molecule has 98 valence electrons. The van der Waals surface area contributed by atoms with E-state index < -0.39 is 5.60 Å². The molecule has 1 aliphatic carbocycles. The van der Waals surface area contributed by atoms with Crippen LogP contribution in [0.5, 0.6) is 0 Å². The normalized spacial score (nSPS) is 25.1. The average molecular weight is 240 g/mol. The highest BCUT2D eigenvalue weighted by atomic mass is 16.6. The van der Waals surface area contributed by atoms with Crippen LogP contribution < -0.4 is 5.73 Å². The maximum absolute atomic E-state index is 11.8. The molecule has 0 bridgehead atoms. The number of hydrogen-bond donors (Lipinski definition) is 1. The van der Waals surface area contributed by atoms with Crippen molar-refractivity contribution < 1.29 is 9.53 Å². The molecule has 1 heterocycles. The first-order valence-corrected chi connectivity index (χ1v) is 6.48. The van der Waals surface area contributed by atoms with E-state index in [2.05, 4.69) is 6.92 Å². The monoisotopic (exact) mass is 240 g/mol. The highest BCUT2D eigenvalue weighted by Gasteiger charge is 2.56. The number of hydrogen-bond acceptors (Lipinski definition) is 3. The lowest BCUT2D eigenvalue weighted by molar-refractivity contribution is -0.0166. The Morgan fingerprint density at radius 1 is 1.41 bits per heavy atom. The molecule has 1 saturated carbocycles. The molecule has 1 saturated heterocycles. The largest absolute Gasteiger partial charge is 0.444 e. The molecule has 1 amide bonds. The van der Waals surface area contributed by atoms with Crippen molar-refractivity contribution in [2.24, 2.45) is 17.1 Å². The van der Waals surface area contributed by atoms with Crippen LogP contribution in [0.1, 0.15) is 40.5 Å². The molecule has 1 atom stereocenters. The summed E-state index contributed by atoms with van der Waals surface area (Å²) in [6.45, 7) is 9.40. The minimum Gasteiger partial charge on any atom is -0.444 e. The maximum Gasteiger partial charge on any atom is 0.410 e. The molecule has 4 nitrogen and oxygen atoms in total. The number of amides is 1. The van der Waals surface area contributed by atoms with E-state index >= 15 is 0 Å². The third-order valence-corrected chi connectivity index (χ3v) is 4.08. The topological polar surface area (TPSA) is 55.6 Å². The fraction of sp³-hybridized carbons (Fsp3) is 0.923. The molecular weight excluding hydrogens is 216 g/mol. The summed E-state index contributed by atoms with van der Waals surface area (Å²) in [5.41, 5.74) is 5.95. The van der Waals surface area contributed by atoms with Crippen molar-refractivity contribution in [2.45, 2.75) is 52.2 Å². The Labute approximate surface area is 103 Å². The molecule has 0 spiro atoms. The Balaban J connectivity index is 1.81. The highest BCUT2D eigenvalue weighted by Crippen LogP contribution is 2.56. The van der Waals surface area contributed by atoms with Gasteiger partial charge in [-0.25, -0.2) is 4.79 Å².